The highest BCUT2D eigenvalue weighted by atomic mass is 35.5. The van der Waals surface area contributed by atoms with Crippen LogP contribution in [-0.4, -0.2) is 5.91 Å². The Labute approximate surface area is 159 Å². The lowest BCUT2D eigenvalue weighted by atomic mass is 10.2. The Kier molecular flexibility index (Phi) is 4.61. The van der Waals surface area contributed by atoms with Gasteiger partial charge in [0.25, 0.3) is 5.91 Å². The van der Waals surface area contributed by atoms with Gasteiger partial charge in [-0.05, 0) is 30.3 Å². The molecule has 0 spiro atoms. The molecule has 4 aromatic rings. The quantitative estimate of drug-likeness (QED) is 0.433. The van der Waals surface area contributed by atoms with Crippen molar-refractivity contribution < 1.29 is 9.53 Å². The van der Waals surface area contributed by atoms with Crippen LogP contribution in [0, 0.1) is 0 Å². The van der Waals surface area contributed by atoms with E-state index in [0.717, 1.165) is 10.1 Å². The minimum Gasteiger partial charge on any atom is -0.455 e. The number of hydrogen-bond acceptors (Lipinski definition) is 3. The second kappa shape index (κ2) is 7.20. The van der Waals surface area contributed by atoms with Crippen molar-refractivity contribution in [3.05, 3.63) is 88.8 Å². The highest BCUT2D eigenvalue weighted by Crippen LogP contribution is 2.36. The summed E-state index contributed by atoms with van der Waals surface area (Å²) in [7, 11) is 0. The minimum absolute atomic E-state index is 0.250. The standard InChI is InChI=1S/C21H14ClNO2S/c22-19-15-10-4-7-13-18(15)26-20(19)21(24)23-16-11-5-6-12-17(16)25-14-8-2-1-3-9-14/h1-13H,(H,23,24). The van der Waals surface area contributed by atoms with Gasteiger partial charge in [0.05, 0.1) is 10.7 Å². The molecule has 26 heavy (non-hydrogen) atoms. The maximum Gasteiger partial charge on any atom is 0.267 e. The van der Waals surface area contributed by atoms with E-state index in [9.17, 15) is 4.79 Å². The van der Waals surface area contributed by atoms with E-state index >= 15 is 0 Å². The molecular weight excluding hydrogens is 366 g/mol. The Morgan fingerprint density at radius 3 is 2.38 bits per heavy atom. The van der Waals surface area contributed by atoms with Gasteiger partial charge in [0, 0.05) is 10.1 Å². The van der Waals surface area contributed by atoms with Crippen molar-refractivity contribution in [2.24, 2.45) is 0 Å². The predicted octanol–water partition coefficient (Wildman–Crippen LogP) is 6.60. The van der Waals surface area contributed by atoms with Crippen LogP contribution in [-0.2, 0) is 0 Å². The van der Waals surface area contributed by atoms with E-state index in [0.29, 0.717) is 27.1 Å². The lowest BCUT2D eigenvalue weighted by Crippen LogP contribution is -2.11. The van der Waals surface area contributed by atoms with Crippen LogP contribution in [0.3, 0.4) is 0 Å². The number of benzene rings is 3. The van der Waals surface area contributed by atoms with Gasteiger partial charge >= 0.3 is 0 Å². The van der Waals surface area contributed by atoms with Gasteiger partial charge in [0.2, 0.25) is 0 Å². The molecule has 0 fully saturated rings. The second-order valence-electron chi connectivity index (χ2n) is 5.61. The number of carbonyl (C=O) groups excluding carboxylic acids is 1. The van der Waals surface area contributed by atoms with E-state index in [1.165, 1.54) is 11.3 Å². The Morgan fingerprint density at radius 1 is 0.885 bits per heavy atom. The summed E-state index contributed by atoms with van der Waals surface area (Å²) in [5.41, 5.74) is 0.592. The van der Waals surface area contributed by atoms with Crippen molar-refractivity contribution in [3.63, 3.8) is 0 Å². The molecule has 0 saturated heterocycles. The first-order chi connectivity index (χ1) is 12.7. The maximum absolute atomic E-state index is 12.8. The third-order valence-electron chi connectivity index (χ3n) is 3.85. The Morgan fingerprint density at radius 2 is 1.58 bits per heavy atom. The zero-order chi connectivity index (χ0) is 17.9. The van der Waals surface area contributed by atoms with E-state index in [1.807, 2.05) is 72.8 Å². The van der Waals surface area contributed by atoms with Crippen LogP contribution in [0.1, 0.15) is 9.67 Å². The zero-order valence-electron chi connectivity index (χ0n) is 13.6. The van der Waals surface area contributed by atoms with Gasteiger partial charge in [-0.25, -0.2) is 0 Å². The van der Waals surface area contributed by atoms with Gasteiger partial charge in [-0.1, -0.05) is 60.1 Å². The summed E-state index contributed by atoms with van der Waals surface area (Å²) in [4.78, 5) is 13.3. The fraction of sp³-hybridized carbons (Fsp3) is 0. The fourth-order valence-corrected chi connectivity index (χ4v) is 4.03. The molecule has 3 aromatic carbocycles. The number of halogens is 1. The molecule has 0 radical (unpaired) electrons. The Bertz CT molecular complexity index is 1080. The molecule has 1 heterocycles. The maximum atomic E-state index is 12.8. The molecule has 0 aliphatic heterocycles. The predicted molar refractivity (Wildman–Crippen MR) is 108 cm³/mol. The van der Waals surface area contributed by atoms with Crippen molar-refractivity contribution in [1.82, 2.24) is 0 Å². The summed E-state index contributed by atoms with van der Waals surface area (Å²) in [5, 5.41) is 4.27. The molecule has 1 aromatic heterocycles. The molecule has 0 aliphatic rings. The molecule has 0 saturated carbocycles. The summed E-state index contributed by atoms with van der Waals surface area (Å²) < 4.78 is 6.87. The van der Waals surface area contributed by atoms with E-state index < -0.39 is 0 Å². The van der Waals surface area contributed by atoms with Gasteiger partial charge in [0.1, 0.15) is 10.6 Å². The highest BCUT2D eigenvalue weighted by Gasteiger charge is 2.18. The minimum atomic E-state index is -0.250. The van der Waals surface area contributed by atoms with Crippen LogP contribution in [0.5, 0.6) is 11.5 Å². The van der Waals surface area contributed by atoms with Crippen molar-refractivity contribution in [2.75, 3.05) is 5.32 Å². The Balaban J connectivity index is 1.62. The largest absolute Gasteiger partial charge is 0.455 e. The number of anilines is 1. The molecule has 3 nitrogen and oxygen atoms in total. The van der Waals surface area contributed by atoms with Crippen molar-refractivity contribution in [2.45, 2.75) is 0 Å². The SMILES string of the molecule is O=C(Nc1ccccc1Oc1ccccc1)c1sc2ccccc2c1Cl. The molecule has 1 N–H and O–H groups in total. The average Bonchev–Trinajstić information content (AvgIpc) is 3.01. The van der Waals surface area contributed by atoms with Gasteiger partial charge in [-0.15, -0.1) is 11.3 Å². The monoisotopic (exact) mass is 379 g/mol. The molecule has 128 valence electrons. The zero-order valence-corrected chi connectivity index (χ0v) is 15.2. The van der Waals surface area contributed by atoms with Gasteiger partial charge in [-0.2, -0.15) is 0 Å². The van der Waals surface area contributed by atoms with Crippen LogP contribution in [0.15, 0.2) is 78.9 Å². The first-order valence-corrected chi connectivity index (χ1v) is 9.22. The third-order valence-corrected chi connectivity index (χ3v) is 5.52. The lowest BCUT2D eigenvalue weighted by molar-refractivity contribution is 0.103. The number of nitrogens with one attached hydrogen (secondary N) is 1. The summed E-state index contributed by atoms with van der Waals surface area (Å²) in [5.74, 6) is 1.03. The Hall–Kier alpha value is -2.82. The smallest absolute Gasteiger partial charge is 0.267 e. The van der Waals surface area contributed by atoms with E-state index in [2.05, 4.69) is 5.32 Å². The van der Waals surface area contributed by atoms with Crippen LogP contribution in [0.2, 0.25) is 5.02 Å². The van der Waals surface area contributed by atoms with Gasteiger partial charge < -0.3 is 10.1 Å². The fourth-order valence-electron chi connectivity index (χ4n) is 2.61. The first kappa shape index (κ1) is 16.6. The summed E-state index contributed by atoms with van der Waals surface area (Å²) in [6.45, 7) is 0. The molecule has 1 amide bonds. The third kappa shape index (κ3) is 3.29. The van der Waals surface area contributed by atoms with Gasteiger partial charge in [0.15, 0.2) is 5.75 Å². The van der Waals surface area contributed by atoms with Crippen molar-refractivity contribution in [1.29, 1.82) is 0 Å². The molecule has 0 aliphatic carbocycles. The number of fused-ring (bicyclic) bond motifs is 1. The normalized spacial score (nSPS) is 10.7. The lowest BCUT2D eigenvalue weighted by Gasteiger charge is -2.11. The molecule has 0 unspecified atom stereocenters. The van der Waals surface area contributed by atoms with Crippen molar-refractivity contribution in [3.8, 4) is 11.5 Å². The number of thiophene rings is 1. The van der Waals surface area contributed by atoms with Gasteiger partial charge in [-0.3, -0.25) is 4.79 Å². The number of carbonyl (C=O) groups is 1. The van der Waals surface area contributed by atoms with Crippen molar-refractivity contribution >= 4 is 44.6 Å². The number of rotatable bonds is 4. The van der Waals surface area contributed by atoms with Crippen LogP contribution in [0.4, 0.5) is 5.69 Å². The number of amides is 1. The topological polar surface area (TPSA) is 38.3 Å². The second-order valence-corrected chi connectivity index (χ2v) is 7.04. The van der Waals surface area contributed by atoms with E-state index in [1.54, 1.807) is 6.07 Å². The molecule has 0 bridgehead atoms. The molecular formula is C21H14ClNO2S. The van der Waals surface area contributed by atoms with Crippen LogP contribution < -0.4 is 10.1 Å². The summed E-state index contributed by atoms with van der Waals surface area (Å²) in [6, 6.07) is 24.5. The van der Waals surface area contributed by atoms with E-state index in [-0.39, 0.29) is 5.91 Å². The molecule has 4 rings (SSSR count). The molecule has 0 atom stereocenters. The first-order valence-electron chi connectivity index (χ1n) is 8.02. The summed E-state index contributed by atoms with van der Waals surface area (Å²) >= 11 is 7.78. The average molecular weight is 380 g/mol. The van der Waals surface area contributed by atoms with Crippen LogP contribution in [0.25, 0.3) is 10.1 Å². The number of ether oxygens (including phenoxy) is 1. The van der Waals surface area contributed by atoms with E-state index in [4.69, 9.17) is 16.3 Å². The number of para-hydroxylation sites is 3. The summed E-state index contributed by atoms with van der Waals surface area (Å²) in [6.07, 6.45) is 0. The highest BCUT2D eigenvalue weighted by molar-refractivity contribution is 7.21. The molecule has 5 heteroatoms. The number of hydrogen-bond donors (Lipinski definition) is 1. The van der Waals surface area contributed by atoms with Crippen LogP contribution >= 0.6 is 22.9 Å².